The normalized spacial score (nSPS) is 20.4. The lowest BCUT2D eigenvalue weighted by atomic mass is 10.0. The second-order valence-corrected chi connectivity index (χ2v) is 11.0. The number of aromatic nitrogens is 2. The summed E-state index contributed by atoms with van der Waals surface area (Å²) in [4.78, 5) is 19.1. The number of carbonyl (C=O) groups is 1. The fourth-order valence-corrected chi connectivity index (χ4v) is 5.16. The minimum Gasteiger partial charge on any atom is -0.488 e. The zero-order chi connectivity index (χ0) is 25.4. The number of nitrogens with one attached hydrogen (secondary N) is 1. The van der Waals surface area contributed by atoms with Crippen molar-refractivity contribution in [3.05, 3.63) is 59.8 Å². The minimum atomic E-state index is -3.96. The van der Waals surface area contributed by atoms with Crippen LogP contribution in [-0.2, 0) is 14.9 Å². The number of hydrogen-bond donors (Lipinski definition) is 1. The summed E-state index contributed by atoms with van der Waals surface area (Å²) >= 11 is 0. The molecule has 2 aromatic heterocycles. The molecule has 3 aromatic rings. The second kappa shape index (κ2) is 9.68. The summed E-state index contributed by atoms with van der Waals surface area (Å²) in [6, 6.07) is 8.12. The Labute approximate surface area is 208 Å². The van der Waals surface area contributed by atoms with Crippen LogP contribution in [0.25, 0.3) is 5.65 Å². The van der Waals surface area contributed by atoms with Gasteiger partial charge in [-0.05, 0) is 43.2 Å². The van der Waals surface area contributed by atoms with Crippen molar-refractivity contribution in [1.82, 2.24) is 18.4 Å². The first-order valence-electron chi connectivity index (χ1n) is 11.7. The average Bonchev–Trinajstić information content (AvgIpc) is 3.60. The molecule has 2 atom stereocenters. The van der Waals surface area contributed by atoms with E-state index in [4.69, 9.17) is 9.47 Å². The number of amides is 1. The van der Waals surface area contributed by atoms with E-state index in [9.17, 15) is 17.6 Å². The van der Waals surface area contributed by atoms with Gasteiger partial charge in [-0.3, -0.25) is 9.20 Å². The van der Waals surface area contributed by atoms with Crippen molar-refractivity contribution in [3.63, 3.8) is 0 Å². The van der Waals surface area contributed by atoms with Crippen molar-refractivity contribution < 1.29 is 27.1 Å². The van der Waals surface area contributed by atoms with Crippen LogP contribution in [0.2, 0.25) is 0 Å². The van der Waals surface area contributed by atoms with Crippen LogP contribution in [0.3, 0.4) is 0 Å². The van der Waals surface area contributed by atoms with Crippen molar-refractivity contribution >= 4 is 27.5 Å². The lowest BCUT2D eigenvalue weighted by molar-refractivity contribution is 0.0974. The first kappa shape index (κ1) is 24.5. The highest BCUT2D eigenvalue weighted by molar-refractivity contribution is 7.87. The maximum atomic E-state index is 14.3. The number of benzene rings is 1. The predicted octanol–water partition coefficient (Wildman–Crippen LogP) is 2.52. The molecule has 1 N–H and O–H groups in total. The molecule has 2 fully saturated rings. The fraction of sp³-hybridized carbons (Fsp3) is 0.417. The minimum absolute atomic E-state index is 0.0640. The Morgan fingerprint density at radius 3 is 2.83 bits per heavy atom. The van der Waals surface area contributed by atoms with Gasteiger partial charge in [-0.25, -0.2) is 14.1 Å². The number of halogens is 1. The highest BCUT2D eigenvalue weighted by Gasteiger charge is 2.31. The molecule has 5 rings (SSSR count). The van der Waals surface area contributed by atoms with Gasteiger partial charge in [-0.1, -0.05) is 0 Å². The van der Waals surface area contributed by atoms with E-state index < -0.39 is 16.1 Å². The van der Waals surface area contributed by atoms with Gasteiger partial charge in [0, 0.05) is 38.8 Å². The molecule has 36 heavy (non-hydrogen) atoms. The zero-order valence-electron chi connectivity index (χ0n) is 20.1. The van der Waals surface area contributed by atoms with Gasteiger partial charge in [-0.2, -0.15) is 12.7 Å². The van der Waals surface area contributed by atoms with Gasteiger partial charge >= 0.3 is 10.2 Å². The fourth-order valence-electron chi connectivity index (χ4n) is 4.64. The van der Waals surface area contributed by atoms with E-state index in [2.05, 4.69) is 9.88 Å². The monoisotopic (exact) mass is 517 g/mol. The first-order valence-corrected chi connectivity index (χ1v) is 13.2. The molecule has 0 saturated carbocycles. The van der Waals surface area contributed by atoms with Crippen LogP contribution < -0.4 is 14.4 Å². The Morgan fingerprint density at radius 1 is 1.25 bits per heavy atom. The molecule has 2 aliphatic heterocycles. The molecule has 12 heteroatoms. The standard InChI is InChI=1S/C24H28FN5O5S/c1-28(2)36(32,33)27-24(31)21-13-26-23-8-6-17(14-30(21)23)29-10-3-4-20(29)19-12-16(25)5-7-22(19)35-18-9-11-34-15-18/h5-8,12-14,18,20H,3-4,9-11,15H2,1-2H3,(H,27,31)/t18-,20-/m1/s1. The SMILES string of the molecule is CN(C)S(=O)(=O)NC(=O)c1cnc2ccc(N3CCC[C@@H]3c3cc(F)ccc3O[C@@H]3CCOC3)cn12. The molecule has 0 radical (unpaired) electrons. The predicted molar refractivity (Wildman–Crippen MR) is 131 cm³/mol. The number of anilines is 1. The largest absolute Gasteiger partial charge is 0.488 e. The molecular weight excluding hydrogens is 489 g/mol. The van der Waals surface area contributed by atoms with Crippen LogP contribution in [0.4, 0.5) is 10.1 Å². The number of rotatable bonds is 7. The third kappa shape index (κ3) is 4.75. The molecule has 10 nitrogen and oxygen atoms in total. The quantitative estimate of drug-likeness (QED) is 0.513. The number of hydrogen-bond acceptors (Lipinski definition) is 7. The Balaban J connectivity index is 1.47. The summed E-state index contributed by atoms with van der Waals surface area (Å²) in [7, 11) is -1.29. The molecular formula is C24H28FN5O5S. The Morgan fingerprint density at radius 2 is 2.08 bits per heavy atom. The van der Waals surface area contributed by atoms with Crippen LogP contribution in [0.5, 0.6) is 5.75 Å². The molecule has 0 bridgehead atoms. The number of ether oxygens (including phenoxy) is 2. The van der Waals surface area contributed by atoms with Gasteiger partial charge < -0.3 is 14.4 Å². The maximum Gasteiger partial charge on any atom is 0.303 e. The molecule has 2 aliphatic rings. The Hall–Kier alpha value is -3.22. The van der Waals surface area contributed by atoms with Gasteiger partial charge in [0.25, 0.3) is 5.91 Å². The van der Waals surface area contributed by atoms with Gasteiger partial charge in [0.1, 0.15) is 29.0 Å². The highest BCUT2D eigenvalue weighted by atomic mass is 32.2. The molecule has 4 heterocycles. The summed E-state index contributed by atoms with van der Waals surface area (Å²) in [5.74, 6) is -0.481. The van der Waals surface area contributed by atoms with Gasteiger partial charge in [-0.15, -0.1) is 0 Å². The van der Waals surface area contributed by atoms with Crippen LogP contribution in [-0.4, -0.2) is 68.0 Å². The lowest BCUT2D eigenvalue weighted by Gasteiger charge is -2.29. The molecule has 192 valence electrons. The van der Waals surface area contributed by atoms with Crippen molar-refractivity contribution in [2.75, 3.05) is 38.8 Å². The van der Waals surface area contributed by atoms with Crippen molar-refractivity contribution in [2.45, 2.75) is 31.4 Å². The average molecular weight is 518 g/mol. The molecule has 0 spiro atoms. The van der Waals surface area contributed by atoms with Crippen molar-refractivity contribution in [2.24, 2.45) is 0 Å². The van der Waals surface area contributed by atoms with Crippen molar-refractivity contribution in [1.29, 1.82) is 0 Å². The van der Waals surface area contributed by atoms with Crippen LogP contribution in [0, 0.1) is 5.82 Å². The van der Waals surface area contributed by atoms with E-state index in [1.807, 2.05) is 10.8 Å². The lowest BCUT2D eigenvalue weighted by Crippen LogP contribution is -2.39. The summed E-state index contributed by atoms with van der Waals surface area (Å²) in [5.41, 5.74) is 2.15. The summed E-state index contributed by atoms with van der Waals surface area (Å²) in [6.45, 7) is 1.88. The van der Waals surface area contributed by atoms with Gasteiger partial charge in [0.05, 0.1) is 31.1 Å². The molecule has 1 aromatic carbocycles. The smallest absolute Gasteiger partial charge is 0.303 e. The number of nitrogens with zero attached hydrogens (tertiary/aromatic N) is 4. The van der Waals surface area contributed by atoms with E-state index in [0.717, 1.165) is 41.4 Å². The van der Waals surface area contributed by atoms with Crippen molar-refractivity contribution in [3.8, 4) is 5.75 Å². The number of pyridine rings is 1. The third-order valence-electron chi connectivity index (χ3n) is 6.52. The van der Waals surface area contributed by atoms with E-state index in [-0.39, 0.29) is 23.7 Å². The van der Waals surface area contributed by atoms with Crippen LogP contribution >= 0.6 is 0 Å². The summed E-state index contributed by atoms with van der Waals surface area (Å²) in [5, 5.41) is 0. The molecule has 2 saturated heterocycles. The van der Waals surface area contributed by atoms with E-state index >= 15 is 0 Å². The third-order valence-corrected chi connectivity index (χ3v) is 7.93. The number of imidazole rings is 1. The van der Waals surface area contributed by atoms with Gasteiger partial charge in [0.15, 0.2) is 0 Å². The van der Waals surface area contributed by atoms with E-state index in [1.165, 1.54) is 32.4 Å². The highest BCUT2D eigenvalue weighted by Crippen LogP contribution is 2.41. The van der Waals surface area contributed by atoms with Crippen LogP contribution in [0.1, 0.15) is 41.4 Å². The van der Waals surface area contributed by atoms with Crippen LogP contribution in [0.15, 0.2) is 42.7 Å². The maximum absolute atomic E-state index is 14.3. The summed E-state index contributed by atoms with van der Waals surface area (Å²) in [6.07, 6.45) is 5.51. The Bertz CT molecular complexity index is 1390. The van der Waals surface area contributed by atoms with E-state index in [0.29, 0.717) is 24.6 Å². The topological polar surface area (TPSA) is 105 Å². The first-order chi connectivity index (χ1) is 17.2. The number of fused-ring (bicyclic) bond motifs is 1. The molecule has 0 aliphatic carbocycles. The Kier molecular flexibility index (Phi) is 6.58. The van der Waals surface area contributed by atoms with Gasteiger partial charge in [0.2, 0.25) is 0 Å². The second-order valence-electron chi connectivity index (χ2n) is 9.11. The molecule has 0 unspecified atom stereocenters. The van der Waals surface area contributed by atoms with E-state index in [1.54, 1.807) is 22.7 Å². The number of carbonyl (C=O) groups excluding carboxylic acids is 1. The molecule has 1 amide bonds. The summed E-state index contributed by atoms with van der Waals surface area (Å²) < 4.78 is 54.7. The zero-order valence-corrected chi connectivity index (χ0v) is 20.9.